The zero-order valence-corrected chi connectivity index (χ0v) is 14.2. The largest absolute Gasteiger partial charge is 0.461 e. The van der Waals surface area contributed by atoms with Crippen molar-refractivity contribution in [2.24, 2.45) is 0 Å². The molecule has 0 aliphatic heterocycles. The van der Waals surface area contributed by atoms with Crippen LogP contribution in [0.1, 0.15) is 34.8 Å². The Morgan fingerprint density at radius 1 is 0.885 bits per heavy atom. The summed E-state index contributed by atoms with van der Waals surface area (Å²) >= 11 is 0. The lowest BCUT2D eigenvalue weighted by Crippen LogP contribution is -2.09. The third kappa shape index (κ3) is 3.58. The van der Waals surface area contributed by atoms with Gasteiger partial charge in [0.2, 0.25) is 0 Å². The molecule has 0 aromatic carbocycles. The third-order valence-electron chi connectivity index (χ3n) is 3.23. The molecule has 0 spiro atoms. The molecule has 3 rings (SSSR count). The fourth-order valence-corrected chi connectivity index (χ4v) is 2.10. The summed E-state index contributed by atoms with van der Waals surface area (Å²) in [6.45, 7) is 3.98. The van der Waals surface area contributed by atoms with Crippen molar-refractivity contribution in [3.63, 3.8) is 0 Å². The second-order valence-corrected chi connectivity index (χ2v) is 4.97. The Bertz CT molecular complexity index is 861. The first kappa shape index (κ1) is 17.3. The zero-order valence-electron chi connectivity index (χ0n) is 14.2. The second-order valence-electron chi connectivity index (χ2n) is 4.97. The highest BCUT2D eigenvalue weighted by Crippen LogP contribution is 2.09. The van der Waals surface area contributed by atoms with Crippen molar-refractivity contribution >= 4 is 11.9 Å². The molecule has 3 aromatic rings. The molecule has 0 saturated heterocycles. The first-order valence-electron chi connectivity index (χ1n) is 7.90. The van der Waals surface area contributed by atoms with Gasteiger partial charge in [-0.25, -0.2) is 23.9 Å². The van der Waals surface area contributed by atoms with Gasteiger partial charge in [0.15, 0.2) is 23.0 Å². The van der Waals surface area contributed by atoms with Crippen LogP contribution in [0.25, 0.3) is 11.6 Å². The van der Waals surface area contributed by atoms with Gasteiger partial charge in [0.1, 0.15) is 0 Å². The Kier molecular flexibility index (Phi) is 5.02. The van der Waals surface area contributed by atoms with E-state index in [0.717, 1.165) is 0 Å². The molecule has 134 valence electrons. The standard InChI is InChI=1S/C16H16N6O4/c1-3-25-15(23)11-5-7-21(19-11)13-9-17-10-14(18-13)22-8-6-12(20-22)16(24)26-4-2/h5-10H,3-4H2,1-2H3. The number of hydrogen-bond acceptors (Lipinski definition) is 8. The Balaban J connectivity index is 1.85. The summed E-state index contributed by atoms with van der Waals surface area (Å²) in [5.74, 6) is -0.263. The average molecular weight is 356 g/mol. The molecule has 0 saturated carbocycles. The molecule has 10 nitrogen and oxygen atoms in total. The number of aromatic nitrogens is 6. The lowest BCUT2D eigenvalue weighted by atomic mass is 10.4. The average Bonchev–Trinajstić information content (AvgIpc) is 3.32. The van der Waals surface area contributed by atoms with E-state index in [0.29, 0.717) is 11.6 Å². The SMILES string of the molecule is CCOC(=O)c1ccn(-c2cncc(-n3ccc(C(=O)OCC)n3)n2)n1. The molecular formula is C16H16N6O4. The first-order chi connectivity index (χ1) is 12.6. The summed E-state index contributed by atoms with van der Waals surface area (Å²) in [5, 5.41) is 8.25. The van der Waals surface area contributed by atoms with Crippen LogP contribution in [0.4, 0.5) is 0 Å². The quantitative estimate of drug-likeness (QED) is 0.605. The Hall–Kier alpha value is -3.56. The molecule has 10 heteroatoms. The van der Waals surface area contributed by atoms with Crippen LogP contribution in [-0.4, -0.2) is 54.7 Å². The van der Waals surface area contributed by atoms with E-state index in [4.69, 9.17) is 9.47 Å². The number of rotatable bonds is 6. The van der Waals surface area contributed by atoms with Gasteiger partial charge in [-0.05, 0) is 26.0 Å². The van der Waals surface area contributed by atoms with Gasteiger partial charge in [-0.1, -0.05) is 0 Å². The van der Waals surface area contributed by atoms with Gasteiger partial charge in [-0.15, -0.1) is 0 Å². The molecule has 26 heavy (non-hydrogen) atoms. The number of nitrogens with zero attached hydrogens (tertiary/aromatic N) is 6. The van der Waals surface area contributed by atoms with E-state index < -0.39 is 11.9 Å². The number of carbonyl (C=O) groups excluding carboxylic acids is 2. The minimum Gasteiger partial charge on any atom is -0.461 e. The molecule has 0 fully saturated rings. The van der Waals surface area contributed by atoms with E-state index in [-0.39, 0.29) is 24.6 Å². The Morgan fingerprint density at radius 3 is 1.77 bits per heavy atom. The molecule has 0 unspecified atom stereocenters. The van der Waals surface area contributed by atoms with E-state index in [1.807, 2.05) is 0 Å². The normalized spacial score (nSPS) is 10.5. The van der Waals surface area contributed by atoms with Crippen molar-refractivity contribution in [2.75, 3.05) is 13.2 Å². The van der Waals surface area contributed by atoms with Crippen molar-refractivity contribution in [2.45, 2.75) is 13.8 Å². The molecule has 0 aliphatic carbocycles. The first-order valence-corrected chi connectivity index (χ1v) is 7.90. The van der Waals surface area contributed by atoms with Crippen LogP contribution in [0.2, 0.25) is 0 Å². The van der Waals surface area contributed by atoms with Gasteiger partial charge in [0.05, 0.1) is 25.6 Å². The summed E-state index contributed by atoms with van der Waals surface area (Å²) in [4.78, 5) is 31.9. The summed E-state index contributed by atoms with van der Waals surface area (Å²) in [5.41, 5.74) is 0.338. The summed E-state index contributed by atoms with van der Waals surface area (Å²) in [7, 11) is 0. The molecule has 0 bridgehead atoms. The van der Waals surface area contributed by atoms with E-state index in [9.17, 15) is 9.59 Å². The van der Waals surface area contributed by atoms with E-state index in [1.54, 1.807) is 26.2 Å². The number of esters is 2. The molecule has 0 amide bonds. The lowest BCUT2D eigenvalue weighted by molar-refractivity contribution is 0.0509. The predicted octanol–water partition coefficient (Wildman–Crippen LogP) is 1.20. The lowest BCUT2D eigenvalue weighted by Gasteiger charge is -2.04. The van der Waals surface area contributed by atoms with Crippen molar-refractivity contribution in [1.82, 2.24) is 29.5 Å². The van der Waals surface area contributed by atoms with Crippen LogP contribution >= 0.6 is 0 Å². The molecule has 0 N–H and O–H groups in total. The Labute approximate surface area is 148 Å². The van der Waals surface area contributed by atoms with Gasteiger partial charge in [0.25, 0.3) is 0 Å². The van der Waals surface area contributed by atoms with Gasteiger partial charge in [0, 0.05) is 12.4 Å². The smallest absolute Gasteiger partial charge is 0.358 e. The van der Waals surface area contributed by atoms with Gasteiger partial charge < -0.3 is 9.47 Å². The molecule has 3 aromatic heterocycles. The molecule has 0 radical (unpaired) electrons. The maximum atomic E-state index is 11.7. The van der Waals surface area contributed by atoms with Crippen LogP contribution in [0.5, 0.6) is 0 Å². The van der Waals surface area contributed by atoms with Gasteiger partial charge in [-0.2, -0.15) is 10.2 Å². The minimum atomic E-state index is -0.512. The fraction of sp³-hybridized carbons (Fsp3) is 0.250. The van der Waals surface area contributed by atoms with Gasteiger partial charge >= 0.3 is 11.9 Å². The summed E-state index contributed by atoms with van der Waals surface area (Å²) in [6.07, 6.45) is 6.13. The predicted molar refractivity (Wildman–Crippen MR) is 88.2 cm³/mol. The topological polar surface area (TPSA) is 114 Å². The van der Waals surface area contributed by atoms with E-state index in [2.05, 4.69) is 20.2 Å². The highest BCUT2D eigenvalue weighted by atomic mass is 16.5. The maximum Gasteiger partial charge on any atom is 0.358 e. The third-order valence-corrected chi connectivity index (χ3v) is 3.23. The van der Waals surface area contributed by atoms with Crippen molar-refractivity contribution in [1.29, 1.82) is 0 Å². The highest BCUT2D eigenvalue weighted by Gasteiger charge is 2.14. The van der Waals surface area contributed by atoms with Crippen LogP contribution in [0, 0.1) is 0 Å². The fourth-order valence-electron chi connectivity index (χ4n) is 2.10. The molecule has 0 atom stereocenters. The van der Waals surface area contributed by atoms with Crippen molar-refractivity contribution in [3.05, 3.63) is 48.3 Å². The van der Waals surface area contributed by atoms with Crippen LogP contribution in [0.15, 0.2) is 36.9 Å². The van der Waals surface area contributed by atoms with Gasteiger partial charge in [-0.3, -0.25) is 4.98 Å². The number of ether oxygens (including phenoxy) is 2. The minimum absolute atomic E-state index is 0.169. The number of carbonyl (C=O) groups is 2. The summed E-state index contributed by atoms with van der Waals surface area (Å²) < 4.78 is 12.6. The molecule has 0 aliphatic rings. The summed E-state index contributed by atoms with van der Waals surface area (Å²) in [6, 6.07) is 3.05. The molecular weight excluding hydrogens is 340 g/mol. The van der Waals surface area contributed by atoms with Crippen molar-refractivity contribution < 1.29 is 19.1 Å². The molecule has 3 heterocycles. The second kappa shape index (κ2) is 7.55. The van der Waals surface area contributed by atoms with E-state index >= 15 is 0 Å². The highest BCUT2D eigenvalue weighted by molar-refractivity contribution is 5.87. The monoisotopic (exact) mass is 356 g/mol. The Morgan fingerprint density at radius 2 is 1.35 bits per heavy atom. The zero-order chi connectivity index (χ0) is 18.5. The maximum absolute atomic E-state index is 11.7. The number of hydrogen-bond donors (Lipinski definition) is 0. The van der Waals surface area contributed by atoms with Crippen LogP contribution in [-0.2, 0) is 9.47 Å². The van der Waals surface area contributed by atoms with E-state index in [1.165, 1.54) is 33.9 Å². The van der Waals surface area contributed by atoms with Crippen LogP contribution < -0.4 is 0 Å². The van der Waals surface area contributed by atoms with Crippen molar-refractivity contribution in [3.8, 4) is 11.6 Å². The van der Waals surface area contributed by atoms with Crippen LogP contribution in [0.3, 0.4) is 0 Å².